The van der Waals surface area contributed by atoms with Crippen LogP contribution in [0.2, 0.25) is 0 Å². The normalized spacial score (nSPS) is 15.8. The van der Waals surface area contributed by atoms with Gasteiger partial charge in [-0.2, -0.15) is 13.2 Å². The van der Waals surface area contributed by atoms with E-state index in [4.69, 9.17) is 4.74 Å². The van der Waals surface area contributed by atoms with Crippen LogP contribution >= 0.6 is 0 Å². The molecule has 1 aromatic heterocycles. The Hall–Kier alpha value is -2.70. The molecule has 0 atom stereocenters. The first-order chi connectivity index (χ1) is 12.2. The van der Waals surface area contributed by atoms with Gasteiger partial charge >= 0.3 is 6.18 Å². The van der Waals surface area contributed by atoms with E-state index in [-0.39, 0.29) is 11.2 Å². The highest BCUT2D eigenvalue weighted by Gasteiger charge is 2.32. The van der Waals surface area contributed by atoms with Crippen LogP contribution in [0.3, 0.4) is 0 Å². The van der Waals surface area contributed by atoms with Gasteiger partial charge in [-0.25, -0.2) is 4.98 Å². The number of H-pyrrole nitrogens is 1. The molecule has 0 saturated carbocycles. The number of fused-ring (bicyclic) bond motifs is 2. The molecular formula is C19H18F3N3O. The van der Waals surface area contributed by atoms with Gasteiger partial charge < -0.3 is 15.0 Å². The fraction of sp³-hybridized carbons (Fsp3) is 0.316. The highest BCUT2D eigenvalue weighted by atomic mass is 19.4. The van der Waals surface area contributed by atoms with Crippen LogP contribution in [-0.4, -0.2) is 23.6 Å². The largest absolute Gasteiger partial charge is 0.496 e. The summed E-state index contributed by atoms with van der Waals surface area (Å²) in [6, 6.07) is 7.44. The maximum Gasteiger partial charge on any atom is 0.416 e. The van der Waals surface area contributed by atoms with Crippen molar-refractivity contribution in [2.24, 2.45) is 0 Å². The van der Waals surface area contributed by atoms with E-state index in [0.717, 1.165) is 35.4 Å². The molecule has 1 aliphatic heterocycles. The molecule has 0 radical (unpaired) electrons. The Morgan fingerprint density at radius 1 is 1.15 bits per heavy atom. The van der Waals surface area contributed by atoms with Crippen LogP contribution in [0.5, 0.6) is 5.75 Å². The standard InChI is InChI=1S/C19H18F3N3O/c1-18(2)9-23-13-8-15-14(7-12(13)18)24-17(25-15)11-5-4-10(19(20,21)22)6-16(11)26-3/h4-8,23H,9H2,1-3H3,(H,24,25). The minimum atomic E-state index is -4.42. The zero-order valence-electron chi connectivity index (χ0n) is 14.6. The lowest BCUT2D eigenvalue weighted by molar-refractivity contribution is -0.137. The van der Waals surface area contributed by atoms with Crippen molar-refractivity contribution in [2.45, 2.75) is 25.4 Å². The molecule has 3 aromatic rings. The van der Waals surface area contributed by atoms with E-state index < -0.39 is 11.7 Å². The van der Waals surface area contributed by atoms with Crippen molar-refractivity contribution in [3.8, 4) is 17.1 Å². The minimum Gasteiger partial charge on any atom is -0.496 e. The van der Waals surface area contributed by atoms with Gasteiger partial charge in [-0.3, -0.25) is 0 Å². The third-order valence-corrected chi connectivity index (χ3v) is 4.86. The lowest BCUT2D eigenvalue weighted by atomic mass is 9.87. The van der Waals surface area contributed by atoms with Crippen molar-refractivity contribution in [1.82, 2.24) is 9.97 Å². The van der Waals surface area contributed by atoms with Gasteiger partial charge in [0.2, 0.25) is 0 Å². The number of benzene rings is 2. The minimum absolute atomic E-state index is 0.0147. The Kier molecular flexibility index (Phi) is 3.48. The summed E-state index contributed by atoms with van der Waals surface area (Å²) in [6.07, 6.45) is -4.42. The topological polar surface area (TPSA) is 49.9 Å². The summed E-state index contributed by atoms with van der Waals surface area (Å²) in [4.78, 5) is 7.76. The summed E-state index contributed by atoms with van der Waals surface area (Å²) in [7, 11) is 1.35. The molecule has 1 aliphatic rings. The Morgan fingerprint density at radius 3 is 2.62 bits per heavy atom. The van der Waals surface area contributed by atoms with E-state index in [1.165, 1.54) is 18.7 Å². The first-order valence-electron chi connectivity index (χ1n) is 8.23. The second kappa shape index (κ2) is 5.40. The summed E-state index contributed by atoms with van der Waals surface area (Å²) in [5.74, 6) is 0.608. The maximum atomic E-state index is 12.9. The number of aromatic nitrogens is 2. The van der Waals surface area contributed by atoms with Crippen LogP contribution in [0.4, 0.5) is 18.9 Å². The Balaban J connectivity index is 1.83. The molecule has 0 amide bonds. The van der Waals surface area contributed by atoms with Gasteiger partial charge in [-0.15, -0.1) is 0 Å². The number of ether oxygens (including phenoxy) is 1. The predicted octanol–water partition coefficient (Wildman–Crippen LogP) is 4.96. The van der Waals surface area contributed by atoms with Crippen LogP contribution in [0.15, 0.2) is 30.3 Å². The third kappa shape index (κ3) is 2.58. The molecule has 0 unspecified atom stereocenters. The zero-order chi connectivity index (χ0) is 18.7. The van der Waals surface area contributed by atoms with E-state index in [9.17, 15) is 13.2 Å². The molecule has 136 valence electrons. The van der Waals surface area contributed by atoms with Crippen LogP contribution in [0, 0.1) is 0 Å². The highest BCUT2D eigenvalue weighted by molar-refractivity contribution is 5.86. The number of halogens is 3. The quantitative estimate of drug-likeness (QED) is 0.678. The van der Waals surface area contributed by atoms with Crippen LogP contribution in [0.1, 0.15) is 25.0 Å². The highest BCUT2D eigenvalue weighted by Crippen LogP contribution is 2.40. The molecule has 4 rings (SSSR count). The Bertz CT molecular complexity index is 1010. The molecule has 4 nitrogen and oxygen atoms in total. The monoisotopic (exact) mass is 361 g/mol. The van der Waals surface area contributed by atoms with Crippen molar-refractivity contribution >= 4 is 16.7 Å². The number of hydrogen-bond donors (Lipinski definition) is 2. The van der Waals surface area contributed by atoms with Crippen molar-refractivity contribution in [3.05, 3.63) is 41.5 Å². The van der Waals surface area contributed by atoms with Crippen LogP contribution in [0.25, 0.3) is 22.4 Å². The zero-order valence-corrected chi connectivity index (χ0v) is 14.6. The molecule has 2 aromatic carbocycles. The second-order valence-corrected chi connectivity index (χ2v) is 7.15. The fourth-order valence-electron chi connectivity index (χ4n) is 3.37. The number of methoxy groups -OCH3 is 1. The van der Waals surface area contributed by atoms with Gasteiger partial charge in [0, 0.05) is 17.6 Å². The predicted molar refractivity (Wildman–Crippen MR) is 94.6 cm³/mol. The molecule has 0 saturated heterocycles. The van der Waals surface area contributed by atoms with Gasteiger partial charge in [0.05, 0.1) is 29.3 Å². The first-order valence-corrected chi connectivity index (χ1v) is 8.23. The number of nitrogens with one attached hydrogen (secondary N) is 2. The van der Waals surface area contributed by atoms with E-state index in [2.05, 4.69) is 35.2 Å². The number of imidazole rings is 1. The first kappa shape index (κ1) is 16.8. The average Bonchev–Trinajstić information content (AvgIpc) is 3.12. The lowest BCUT2D eigenvalue weighted by Crippen LogP contribution is -2.18. The van der Waals surface area contributed by atoms with E-state index >= 15 is 0 Å². The number of anilines is 1. The van der Waals surface area contributed by atoms with Gasteiger partial charge in [0.25, 0.3) is 0 Å². The third-order valence-electron chi connectivity index (χ3n) is 4.86. The lowest BCUT2D eigenvalue weighted by Gasteiger charge is -2.16. The number of alkyl halides is 3. The van der Waals surface area contributed by atoms with Crippen molar-refractivity contribution in [2.75, 3.05) is 19.0 Å². The van der Waals surface area contributed by atoms with Crippen molar-refractivity contribution < 1.29 is 17.9 Å². The van der Waals surface area contributed by atoms with Gasteiger partial charge in [-0.05, 0) is 35.9 Å². The number of rotatable bonds is 2. The average molecular weight is 361 g/mol. The summed E-state index contributed by atoms with van der Waals surface area (Å²) in [6.45, 7) is 5.18. The Morgan fingerprint density at radius 2 is 1.92 bits per heavy atom. The van der Waals surface area contributed by atoms with E-state index in [1.54, 1.807) is 0 Å². The van der Waals surface area contributed by atoms with Crippen LogP contribution < -0.4 is 10.1 Å². The summed E-state index contributed by atoms with van der Waals surface area (Å²) < 4.78 is 44.0. The Labute approximate surface area is 148 Å². The molecule has 0 aliphatic carbocycles. The molecular weight excluding hydrogens is 343 g/mol. The van der Waals surface area contributed by atoms with Crippen molar-refractivity contribution in [1.29, 1.82) is 0 Å². The molecule has 2 heterocycles. The fourth-order valence-corrected chi connectivity index (χ4v) is 3.37. The summed E-state index contributed by atoms with van der Waals surface area (Å²) in [5.41, 5.74) is 3.59. The molecule has 0 bridgehead atoms. The molecule has 0 fully saturated rings. The van der Waals surface area contributed by atoms with Crippen LogP contribution in [-0.2, 0) is 11.6 Å². The molecule has 2 N–H and O–H groups in total. The maximum absolute atomic E-state index is 12.9. The molecule has 0 spiro atoms. The molecule has 26 heavy (non-hydrogen) atoms. The number of aromatic amines is 1. The van der Waals surface area contributed by atoms with Gasteiger partial charge in [0.1, 0.15) is 11.6 Å². The van der Waals surface area contributed by atoms with Gasteiger partial charge in [0.15, 0.2) is 0 Å². The smallest absolute Gasteiger partial charge is 0.416 e. The van der Waals surface area contributed by atoms with E-state index in [1.807, 2.05) is 6.07 Å². The summed E-state index contributed by atoms with van der Waals surface area (Å²) in [5, 5.41) is 3.37. The summed E-state index contributed by atoms with van der Waals surface area (Å²) >= 11 is 0. The SMILES string of the molecule is COc1cc(C(F)(F)F)ccc1-c1nc2cc3c(cc2[nH]1)C(C)(C)CN3. The number of nitrogens with zero attached hydrogens (tertiary/aromatic N) is 1. The van der Waals surface area contributed by atoms with E-state index in [0.29, 0.717) is 11.4 Å². The molecule has 7 heteroatoms. The second-order valence-electron chi connectivity index (χ2n) is 7.15. The van der Waals surface area contributed by atoms with Gasteiger partial charge in [-0.1, -0.05) is 13.8 Å². The number of hydrogen-bond acceptors (Lipinski definition) is 3. The van der Waals surface area contributed by atoms with Crippen molar-refractivity contribution in [3.63, 3.8) is 0 Å².